The highest BCUT2D eigenvalue weighted by Crippen LogP contribution is 2.31. The summed E-state index contributed by atoms with van der Waals surface area (Å²) >= 11 is 9.61. The van der Waals surface area contributed by atoms with Gasteiger partial charge in [-0.25, -0.2) is 0 Å². The van der Waals surface area contributed by atoms with E-state index in [0.29, 0.717) is 28.6 Å². The molecule has 4 rings (SSSR count). The van der Waals surface area contributed by atoms with Crippen LogP contribution in [-0.2, 0) is 11.4 Å². The summed E-state index contributed by atoms with van der Waals surface area (Å²) in [5, 5.41) is 15.0. The number of benzene rings is 4. The van der Waals surface area contributed by atoms with E-state index in [1.54, 1.807) is 24.3 Å². The maximum absolute atomic E-state index is 13.0. The number of ether oxygens (including phenoxy) is 1. The molecule has 0 aliphatic carbocycles. The third-order valence-corrected chi connectivity index (χ3v) is 6.35. The number of fused-ring (bicyclic) bond motifs is 1. The van der Waals surface area contributed by atoms with Crippen LogP contribution in [0.3, 0.4) is 0 Å². The van der Waals surface area contributed by atoms with Gasteiger partial charge in [0.05, 0.1) is 0 Å². The van der Waals surface area contributed by atoms with Crippen molar-refractivity contribution in [2.75, 3.05) is 5.32 Å². The Balaban J connectivity index is 1.70. The number of rotatable bonds is 6. The lowest BCUT2D eigenvalue weighted by molar-refractivity contribution is -0.112. The van der Waals surface area contributed by atoms with Crippen LogP contribution in [0.1, 0.15) is 16.7 Å². The second kappa shape index (κ2) is 10.6. The molecule has 0 bridgehead atoms. The van der Waals surface area contributed by atoms with Crippen LogP contribution >= 0.6 is 27.5 Å². The van der Waals surface area contributed by atoms with Crippen molar-refractivity contribution in [1.29, 1.82) is 5.26 Å². The van der Waals surface area contributed by atoms with Crippen LogP contribution in [0.4, 0.5) is 5.69 Å². The van der Waals surface area contributed by atoms with Gasteiger partial charge >= 0.3 is 0 Å². The second-order valence-corrected chi connectivity index (χ2v) is 8.97. The number of hydrogen-bond acceptors (Lipinski definition) is 3. The Hall–Kier alpha value is -3.59. The van der Waals surface area contributed by atoms with E-state index in [2.05, 4.69) is 21.2 Å². The Bertz CT molecular complexity index is 1440. The number of hydrogen-bond donors (Lipinski definition) is 1. The first-order chi connectivity index (χ1) is 16.5. The summed E-state index contributed by atoms with van der Waals surface area (Å²) in [5.74, 6) is 0.0702. The Morgan fingerprint density at radius 1 is 1.06 bits per heavy atom. The lowest BCUT2D eigenvalue weighted by Crippen LogP contribution is -2.14. The van der Waals surface area contributed by atoms with E-state index in [0.717, 1.165) is 26.4 Å². The van der Waals surface area contributed by atoms with Crippen LogP contribution in [0.5, 0.6) is 5.75 Å². The maximum atomic E-state index is 13.0. The Labute approximate surface area is 211 Å². The Morgan fingerprint density at radius 3 is 2.59 bits per heavy atom. The minimum atomic E-state index is -0.514. The van der Waals surface area contributed by atoms with Gasteiger partial charge in [0.25, 0.3) is 5.91 Å². The number of amides is 1. The molecule has 1 N–H and O–H groups in total. The predicted octanol–water partition coefficient (Wildman–Crippen LogP) is 7.69. The van der Waals surface area contributed by atoms with E-state index in [9.17, 15) is 10.1 Å². The predicted molar refractivity (Wildman–Crippen MR) is 141 cm³/mol. The fraction of sp³-hybridized carbons (Fsp3) is 0.0714. The molecule has 168 valence electrons. The van der Waals surface area contributed by atoms with Crippen LogP contribution in [0.2, 0.25) is 5.02 Å². The first-order valence-electron chi connectivity index (χ1n) is 10.5. The van der Waals surface area contributed by atoms with Crippen molar-refractivity contribution in [3.8, 4) is 11.8 Å². The zero-order valence-electron chi connectivity index (χ0n) is 18.3. The molecule has 0 radical (unpaired) electrons. The van der Waals surface area contributed by atoms with Crippen LogP contribution in [-0.4, -0.2) is 5.91 Å². The summed E-state index contributed by atoms with van der Waals surface area (Å²) in [7, 11) is 0. The van der Waals surface area contributed by atoms with E-state index in [1.165, 1.54) is 0 Å². The molecule has 0 aliphatic rings. The van der Waals surface area contributed by atoms with E-state index in [4.69, 9.17) is 16.3 Å². The summed E-state index contributed by atoms with van der Waals surface area (Å²) < 4.78 is 7.12. The van der Waals surface area contributed by atoms with E-state index in [-0.39, 0.29) is 5.57 Å². The molecular weight excluding hydrogens is 512 g/mol. The van der Waals surface area contributed by atoms with Gasteiger partial charge < -0.3 is 10.1 Å². The molecule has 0 saturated heterocycles. The zero-order chi connectivity index (χ0) is 24.1. The van der Waals surface area contributed by atoms with Gasteiger partial charge in [-0.05, 0) is 65.2 Å². The molecule has 0 spiro atoms. The molecule has 1 amide bonds. The number of anilines is 1. The van der Waals surface area contributed by atoms with E-state index >= 15 is 0 Å². The van der Waals surface area contributed by atoms with Gasteiger partial charge in [-0.15, -0.1) is 0 Å². The fourth-order valence-electron chi connectivity index (χ4n) is 3.52. The molecule has 0 atom stereocenters. The highest BCUT2D eigenvalue weighted by molar-refractivity contribution is 9.10. The number of nitriles is 1. The second-order valence-electron chi connectivity index (χ2n) is 7.65. The quantitative estimate of drug-likeness (QED) is 0.205. The normalized spacial score (nSPS) is 11.2. The van der Waals surface area contributed by atoms with Crippen molar-refractivity contribution in [2.24, 2.45) is 0 Å². The SMILES string of the molecule is Cc1c(Cl)cccc1NC(=O)/C(C#N)=C/c1c(OCc2ccc(Br)cc2)ccc2ccccc12. The average molecular weight is 532 g/mol. The average Bonchev–Trinajstić information content (AvgIpc) is 2.85. The number of carbonyl (C=O) groups excluding carboxylic acids is 1. The lowest BCUT2D eigenvalue weighted by atomic mass is 10.0. The Morgan fingerprint density at radius 2 is 1.82 bits per heavy atom. The molecule has 0 aromatic heterocycles. The van der Waals surface area contributed by atoms with Gasteiger partial charge in [0.1, 0.15) is 24.0 Å². The van der Waals surface area contributed by atoms with Gasteiger partial charge in [0.2, 0.25) is 0 Å². The smallest absolute Gasteiger partial charge is 0.266 e. The van der Waals surface area contributed by atoms with Crippen LogP contribution in [0.15, 0.2) is 88.9 Å². The largest absolute Gasteiger partial charge is 0.488 e. The summed E-state index contributed by atoms with van der Waals surface area (Å²) in [5.41, 5.74) is 2.93. The van der Waals surface area contributed by atoms with Gasteiger partial charge in [0, 0.05) is 20.7 Å². The molecule has 4 aromatic carbocycles. The molecule has 34 heavy (non-hydrogen) atoms. The summed E-state index contributed by atoms with van der Waals surface area (Å²) in [6.07, 6.45) is 1.58. The summed E-state index contributed by atoms with van der Waals surface area (Å²) in [4.78, 5) is 13.0. The van der Waals surface area contributed by atoms with Crippen LogP contribution < -0.4 is 10.1 Å². The molecule has 0 heterocycles. The third-order valence-electron chi connectivity index (χ3n) is 5.41. The molecule has 0 unspecified atom stereocenters. The molecule has 4 aromatic rings. The Kier molecular flexibility index (Phi) is 7.32. The highest BCUT2D eigenvalue weighted by atomic mass is 79.9. The number of carbonyl (C=O) groups is 1. The van der Waals surface area contributed by atoms with Gasteiger partial charge in [0.15, 0.2) is 0 Å². The third kappa shape index (κ3) is 5.31. The fourth-order valence-corrected chi connectivity index (χ4v) is 3.96. The molecule has 0 fully saturated rings. The first kappa shape index (κ1) is 23.6. The molecular formula is C28H20BrClN2O2. The van der Waals surface area contributed by atoms with Crippen molar-refractivity contribution in [3.05, 3.63) is 111 Å². The molecule has 4 nitrogen and oxygen atoms in total. The van der Waals surface area contributed by atoms with Crippen LogP contribution in [0, 0.1) is 18.3 Å². The van der Waals surface area contributed by atoms with Crippen LogP contribution in [0.25, 0.3) is 16.8 Å². The summed E-state index contributed by atoms with van der Waals surface area (Å²) in [6.45, 7) is 2.16. The minimum absolute atomic E-state index is 0.0378. The first-order valence-corrected chi connectivity index (χ1v) is 11.7. The van der Waals surface area contributed by atoms with Crippen molar-refractivity contribution >= 4 is 56.0 Å². The zero-order valence-corrected chi connectivity index (χ0v) is 20.7. The standard InChI is InChI=1S/C28H20BrClN2O2/c1-18-25(30)7-4-8-26(18)32-28(33)21(16-31)15-24-23-6-3-2-5-20(23)11-14-27(24)34-17-19-9-12-22(29)13-10-19/h2-15H,17H2,1H3,(H,32,33)/b21-15+. The van der Waals surface area contributed by atoms with Crippen molar-refractivity contribution in [2.45, 2.75) is 13.5 Å². The van der Waals surface area contributed by atoms with Crippen molar-refractivity contribution in [1.82, 2.24) is 0 Å². The number of halogens is 2. The number of nitrogens with one attached hydrogen (secondary N) is 1. The van der Waals surface area contributed by atoms with Gasteiger partial charge in [-0.1, -0.05) is 76.1 Å². The maximum Gasteiger partial charge on any atom is 0.266 e. The molecule has 0 saturated carbocycles. The van der Waals surface area contributed by atoms with Gasteiger partial charge in [-0.3, -0.25) is 4.79 Å². The monoisotopic (exact) mass is 530 g/mol. The summed E-state index contributed by atoms with van der Waals surface area (Å²) in [6, 6.07) is 26.7. The van der Waals surface area contributed by atoms with Crippen molar-refractivity contribution < 1.29 is 9.53 Å². The minimum Gasteiger partial charge on any atom is -0.488 e. The molecule has 6 heteroatoms. The topological polar surface area (TPSA) is 62.1 Å². The van der Waals surface area contributed by atoms with E-state index in [1.807, 2.05) is 73.7 Å². The number of nitrogens with zero attached hydrogens (tertiary/aromatic N) is 1. The highest BCUT2D eigenvalue weighted by Gasteiger charge is 2.15. The van der Waals surface area contributed by atoms with Crippen molar-refractivity contribution in [3.63, 3.8) is 0 Å². The van der Waals surface area contributed by atoms with Gasteiger partial charge in [-0.2, -0.15) is 5.26 Å². The van der Waals surface area contributed by atoms with E-state index < -0.39 is 5.91 Å². The molecule has 0 aliphatic heterocycles. The lowest BCUT2D eigenvalue weighted by Gasteiger charge is -2.13.